The van der Waals surface area contributed by atoms with Crippen LogP contribution in [0.3, 0.4) is 0 Å². The van der Waals surface area contributed by atoms with E-state index < -0.39 is 0 Å². The maximum absolute atomic E-state index is 12.4. The Labute approximate surface area is 158 Å². The Kier molecular flexibility index (Phi) is 5.93. The number of carbonyl (C=O) groups is 2. The Morgan fingerprint density at radius 3 is 2.41 bits per heavy atom. The lowest BCUT2D eigenvalue weighted by molar-refractivity contribution is -0.00923. The fraction of sp³-hybridized carbons (Fsp3) is 0.400. The molecule has 1 fully saturated rings. The van der Waals surface area contributed by atoms with Crippen molar-refractivity contribution < 1.29 is 18.7 Å². The number of amides is 2. The van der Waals surface area contributed by atoms with Crippen LogP contribution in [0.15, 0.2) is 47.1 Å². The van der Waals surface area contributed by atoms with Crippen LogP contribution in [0.2, 0.25) is 0 Å². The monoisotopic (exact) mass is 371 g/mol. The van der Waals surface area contributed by atoms with Gasteiger partial charge in [-0.25, -0.2) is 0 Å². The first-order chi connectivity index (χ1) is 13.0. The molecule has 1 aromatic heterocycles. The zero-order valence-electron chi connectivity index (χ0n) is 15.7. The van der Waals surface area contributed by atoms with Crippen molar-refractivity contribution in [3.05, 3.63) is 54.0 Å². The summed E-state index contributed by atoms with van der Waals surface area (Å²) in [7, 11) is 0. The summed E-state index contributed by atoms with van der Waals surface area (Å²) >= 11 is 0. The highest BCUT2D eigenvalue weighted by Gasteiger charge is 2.28. The molecule has 0 atom stereocenters. The van der Waals surface area contributed by atoms with E-state index >= 15 is 0 Å². The Balaban J connectivity index is 1.53. The van der Waals surface area contributed by atoms with Crippen LogP contribution in [-0.2, 0) is 4.74 Å². The molecule has 0 spiro atoms. The van der Waals surface area contributed by atoms with Crippen molar-refractivity contribution in [1.29, 1.82) is 0 Å². The molecule has 7 nitrogen and oxygen atoms in total. The molecule has 27 heavy (non-hydrogen) atoms. The smallest absolute Gasteiger partial charge is 0.291 e. The van der Waals surface area contributed by atoms with Crippen molar-refractivity contribution in [1.82, 2.24) is 10.2 Å². The van der Waals surface area contributed by atoms with Gasteiger partial charge in [-0.05, 0) is 50.2 Å². The van der Waals surface area contributed by atoms with E-state index in [9.17, 15) is 9.59 Å². The van der Waals surface area contributed by atoms with Crippen LogP contribution < -0.4 is 10.6 Å². The van der Waals surface area contributed by atoms with E-state index in [0.717, 1.165) is 26.3 Å². The van der Waals surface area contributed by atoms with Gasteiger partial charge in [0.15, 0.2) is 5.76 Å². The summed E-state index contributed by atoms with van der Waals surface area (Å²) in [6, 6.07) is 10.0. The quantitative estimate of drug-likeness (QED) is 0.814. The Morgan fingerprint density at radius 1 is 1.07 bits per heavy atom. The summed E-state index contributed by atoms with van der Waals surface area (Å²) < 4.78 is 10.4. The number of furan rings is 1. The first kappa shape index (κ1) is 19.1. The third kappa shape index (κ3) is 4.96. The summed E-state index contributed by atoms with van der Waals surface area (Å²) in [6.45, 7) is 7.96. The highest BCUT2D eigenvalue weighted by Crippen LogP contribution is 2.16. The summed E-state index contributed by atoms with van der Waals surface area (Å²) in [5.41, 5.74) is 1.00. The average molecular weight is 371 g/mol. The largest absolute Gasteiger partial charge is 0.459 e. The first-order valence-electron chi connectivity index (χ1n) is 9.02. The third-order valence-corrected chi connectivity index (χ3v) is 4.70. The van der Waals surface area contributed by atoms with Crippen molar-refractivity contribution in [2.45, 2.75) is 19.4 Å². The minimum Gasteiger partial charge on any atom is -0.459 e. The SMILES string of the molecule is CC(C)(CNC(=O)c1ccc(NC(=O)c2ccco2)cc1)N1CCOCC1. The lowest BCUT2D eigenvalue weighted by Crippen LogP contribution is -2.55. The Hall–Kier alpha value is -2.64. The van der Waals surface area contributed by atoms with Gasteiger partial charge in [-0.15, -0.1) is 0 Å². The lowest BCUT2D eigenvalue weighted by atomic mass is 10.0. The van der Waals surface area contributed by atoms with Gasteiger partial charge in [-0.3, -0.25) is 14.5 Å². The molecule has 2 amide bonds. The van der Waals surface area contributed by atoms with Crippen molar-refractivity contribution in [3.63, 3.8) is 0 Å². The Morgan fingerprint density at radius 2 is 1.78 bits per heavy atom. The number of anilines is 1. The van der Waals surface area contributed by atoms with Gasteiger partial charge in [0.25, 0.3) is 11.8 Å². The minimum atomic E-state index is -0.329. The van der Waals surface area contributed by atoms with Gasteiger partial charge >= 0.3 is 0 Å². The maximum atomic E-state index is 12.4. The zero-order chi connectivity index (χ0) is 19.3. The highest BCUT2D eigenvalue weighted by molar-refractivity contribution is 6.02. The van der Waals surface area contributed by atoms with Crippen molar-refractivity contribution in [3.8, 4) is 0 Å². The number of hydrogen-bond acceptors (Lipinski definition) is 5. The number of rotatable bonds is 6. The van der Waals surface area contributed by atoms with Crippen LogP contribution >= 0.6 is 0 Å². The molecule has 2 N–H and O–H groups in total. The molecular weight excluding hydrogens is 346 g/mol. The Bertz CT molecular complexity index is 763. The summed E-state index contributed by atoms with van der Waals surface area (Å²) in [6.07, 6.45) is 1.45. The second-order valence-corrected chi connectivity index (χ2v) is 7.10. The average Bonchev–Trinajstić information content (AvgIpc) is 3.22. The third-order valence-electron chi connectivity index (χ3n) is 4.70. The molecule has 3 rings (SSSR count). The van der Waals surface area contributed by atoms with Gasteiger partial charge in [0.1, 0.15) is 0 Å². The number of hydrogen-bond donors (Lipinski definition) is 2. The van der Waals surface area contributed by atoms with E-state index in [1.54, 1.807) is 36.4 Å². The predicted molar refractivity (Wildman–Crippen MR) is 102 cm³/mol. The highest BCUT2D eigenvalue weighted by atomic mass is 16.5. The fourth-order valence-electron chi connectivity index (χ4n) is 2.98. The number of ether oxygens (including phenoxy) is 1. The van der Waals surface area contributed by atoms with Gasteiger partial charge in [0.05, 0.1) is 19.5 Å². The van der Waals surface area contributed by atoms with Crippen molar-refractivity contribution in [2.24, 2.45) is 0 Å². The number of nitrogens with one attached hydrogen (secondary N) is 2. The van der Waals surface area contributed by atoms with E-state index in [4.69, 9.17) is 9.15 Å². The van der Waals surface area contributed by atoms with E-state index in [0.29, 0.717) is 17.8 Å². The second kappa shape index (κ2) is 8.37. The predicted octanol–water partition coefficient (Wildman–Crippen LogP) is 2.37. The van der Waals surface area contributed by atoms with Crippen LogP contribution in [0.5, 0.6) is 0 Å². The fourth-order valence-corrected chi connectivity index (χ4v) is 2.98. The van der Waals surface area contributed by atoms with Gasteiger partial charge in [-0.1, -0.05) is 0 Å². The number of carbonyl (C=O) groups excluding carboxylic acids is 2. The molecule has 2 aromatic rings. The topological polar surface area (TPSA) is 83.8 Å². The maximum Gasteiger partial charge on any atom is 0.291 e. The van der Waals surface area contributed by atoms with Crippen molar-refractivity contribution >= 4 is 17.5 Å². The van der Waals surface area contributed by atoms with Crippen LogP contribution in [0, 0.1) is 0 Å². The molecule has 0 aliphatic carbocycles. The van der Waals surface area contributed by atoms with E-state index in [1.165, 1.54) is 6.26 Å². The van der Waals surface area contributed by atoms with Gasteiger partial charge in [0, 0.05) is 36.4 Å². The summed E-state index contributed by atoms with van der Waals surface area (Å²) in [5, 5.41) is 5.72. The number of benzene rings is 1. The molecule has 1 aromatic carbocycles. The van der Waals surface area contributed by atoms with E-state index in [1.807, 2.05) is 0 Å². The molecule has 1 aliphatic rings. The normalized spacial score (nSPS) is 15.3. The molecule has 144 valence electrons. The molecule has 1 aliphatic heterocycles. The van der Waals surface area contributed by atoms with Gasteiger partial charge in [0.2, 0.25) is 0 Å². The standard InChI is InChI=1S/C20H25N3O4/c1-20(2,23-9-12-26-13-10-23)14-21-18(24)15-5-7-16(8-6-15)22-19(25)17-4-3-11-27-17/h3-8,11H,9-10,12-14H2,1-2H3,(H,21,24)(H,22,25). The van der Waals surface area contributed by atoms with E-state index in [2.05, 4.69) is 29.4 Å². The van der Waals surface area contributed by atoms with Crippen LogP contribution in [0.25, 0.3) is 0 Å². The summed E-state index contributed by atoms with van der Waals surface area (Å²) in [5.74, 6) is -0.230. The van der Waals surface area contributed by atoms with Crippen LogP contribution in [0.4, 0.5) is 5.69 Å². The van der Waals surface area contributed by atoms with Gasteiger partial charge in [-0.2, -0.15) is 0 Å². The lowest BCUT2D eigenvalue weighted by Gasteiger charge is -2.40. The molecule has 0 radical (unpaired) electrons. The van der Waals surface area contributed by atoms with Gasteiger partial charge < -0.3 is 19.8 Å². The van der Waals surface area contributed by atoms with Crippen LogP contribution in [-0.4, -0.2) is 55.1 Å². The molecule has 1 saturated heterocycles. The minimum absolute atomic E-state index is 0.139. The molecule has 7 heteroatoms. The summed E-state index contributed by atoms with van der Waals surface area (Å²) in [4.78, 5) is 26.7. The molecule has 0 saturated carbocycles. The number of nitrogens with zero attached hydrogens (tertiary/aromatic N) is 1. The molecule has 0 unspecified atom stereocenters. The van der Waals surface area contributed by atoms with Crippen LogP contribution in [0.1, 0.15) is 34.8 Å². The second-order valence-electron chi connectivity index (χ2n) is 7.10. The van der Waals surface area contributed by atoms with E-state index in [-0.39, 0.29) is 23.1 Å². The zero-order valence-corrected chi connectivity index (χ0v) is 15.7. The van der Waals surface area contributed by atoms with Crippen molar-refractivity contribution in [2.75, 3.05) is 38.2 Å². The molecule has 0 bridgehead atoms. The number of morpholine rings is 1. The molecule has 2 heterocycles. The molecular formula is C20H25N3O4. The first-order valence-corrected chi connectivity index (χ1v) is 9.02.